The summed E-state index contributed by atoms with van der Waals surface area (Å²) in [4.78, 5) is 10.6. The molecule has 1 saturated carbocycles. The summed E-state index contributed by atoms with van der Waals surface area (Å²) in [6.45, 7) is 1.75. The molecule has 0 saturated heterocycles. The maximum absolute atomic E-state index is 10.6. The Hall–Kier alpha value is -1.47. The summed E-state index contributed by atoms with van der Waals surface area (Å²) >= 11 is 0. The van der Waals surface area contributed by atoms with Crippen LogP contribution in [0, 0.1) is 5.92 Å². The average molecular weight is 240 g/mol. The van der Waals surface area contributed by atoms with Gasteiger partial charge in [-0.05, 0) is 18.8 Å². The van der Waals surface area contributed by atoms with Gasteiger partial charge in [-0.3, -0.25) is 4.68 Å². The van der Waals surface area contributed by atoms with Crippen molar-refractivity contribution in [2.24, 2.45) is 5.92 Å². The van der Waals surface area contributed by atoms with Crippen molar-refractivity contribution in [2.45, 2.75) is 25.5 Å². The Morgan fingerprint density at radius 2 is 2.41 bits per heavy atom. The van der Waals surface area contributed by atoms with Gasteiger partial charge in [-0.1, -0.05) is 5.21 Å². The Balaban J connectivity index is 1.65. The predicted octanol–water partition coefficient (Wildman–Crippen LogP) is -0.663. The van der Waals surface area contributed by atoms with E-state index < -0.39 is 5.97 Å². The Kier molecular flexibility index (Phi) is 3.70. The number of carboxylic acid groups (broad SMARTS) is 1. The zero-order valence-corrected chi connectivity index (χ0v) is 9.41. The minimum Gasteiger partial charge on any atom is -0.476 e. The van der Waals surface area contributed by atoms with E-state index >= 15 is 0 Å². The first kappa shape index (κ1) is 12.0. The highest BCUT2D eigenvalue weighted by Gasteiger charge is 2.28. The van der Waals surface area contributed by atoms with E-state index in [2.05, 4.69) is 15.6 Å². The van der Waals surface area contributed by atoms with Crippen LogP contribution in [-0.4, -0.2) is 50.4 Å². The number of rotatable bonds is 7. The molecule has 1 aromatic rings. The maximum Gasteiger partial charge on any atom is 0.358 e. The number of carbonyl (C=O) groups is 1. The first-order valence-electron chi connectivity index (χ1n) is 5.69. The smallest absolute Gasteiger partial charge is 0.358 e. The zero-order valence-electron chi connectivity index (χ0n) is 9.41. The molecule has 0 radical (unpaired) electrons. The lowest BCUT2D eigenvalue weighted by molar-refractivity contribution is 0.0690. The number of hydrogen-bond donors (Lipinski definition) is 3. The molecule has 0 aromatic carbocycles. The molecule has 1 fully saturated rings. The van der Waals surface area contributed by atoms with Crippen LogP contribution in [0.5, 0.6) is 0 Å². The lowest BCUT2D eigenvalue weighted by Gasteiger charge is -2.09. The predicted molar refractivity (Wildman–Crippen MR) is 58.6 cm³/mol. The third-order valence-corrected chi connectivity index (χ3v) is 2.80. The summed E-state index contributed by atoms with van der Waals surface area (Å²) in [5, 5.41) is 28.5. The second-order valence-electron chi connectivity index (χ2n) is 4.28. The van der Waals surface area contributed by atoms with E-state index in [1.807, 2.05) is 0 Å². The minimum atomic E-state index is -1.08. The summed E-state index contributed by atoms with van der Waals surface area (Å²) in [6, 6.07) is 0. The van der Waals surface area contributed by atoms with Gasteiger partial charge in [0.15, 0.2) is 5.69 Å². The van der Waals surface area contributed by atoms with Crippen molar-refractivity contribution < 1.29 is 15.0 Å². The SMILES string of the molecule is O=C(O)c1cn(CCNCC(O)C2CC2)nn1. The molecule has 1 unspecified atom stereocenters. The number of aromatic nitrogens is 3. The number of carboxylic acids is 1. The third kappa shape index (κ3) is 3.50. The summed E-state index contributed by atoms with van der Waals surface area (Å²) in [7, 11) is 0. The van der Waals surface area contributed by atoms with Crippen LogP contribution in [0.2, 0.25) is 0 Å². The molecule has 17 heavy (non-hydrogen) atoms. The average Bonchev–Trinajstić information content (AvgIpc) is 3.03. The van der Waals surface area contributed by atoms with E-state index in [0.717, 1.165) is 12.8 Å². The number of nitrogens with zero attached hydrogens (tertiary/aromatic N) is 3. The lowest BCUT2D eigenvalue weighted by atomic mass is 10.2. The molecule has 1 aliphatic carbocycles. The van der Waals surface area contributed by atoms with Gasteiger partial charge in [-0.2, -0.15) is 0 Å². The second-order valence-corrected chi connectivity index (χ2v) is 4.28. The molecular formula is C10H16N4O3. The fourth-order valence-corrected chi connectivity index (χ4v) is 1.60. The molecule has 7 heteroatoms. The van der Waals surface area contributed by atoms with Crippen molar-refractivity contribution in [3.8, 4) is 0 Å². The summed E-state index contributed by atoms with van der Waals surface area (Å²) in [5.41, 5.74) is -0.0528. The second kappa shape index (κ2) is 5.24. The first-order chi connectivity index (χ1) is 8.16. The molecule has 0 spiro atoms. The lowest BCUT2D eigenvalue weighted by Crippen LogP contribution is -2.30. The molecular weight excluding hydrogens is 224 g/mol. The van der Waals surface area contributed by atoms with Crippen molar-refractivity contribution in [3.63, 3.8) is 0 Å². The highest BCUT2D eigenvalue weighted by atomic mass is 16.4. The fourth-order valence-electron chi connectivity index (χ4n) is 1.60. The summed E-state index contributed by atoms with van der Waals surface area (Å²) in [6.07, 6.45) is 3.36. The van der Waals surface area contributed by atoms with Crippen molar-refractivity contribution >= 4 is 5.97 Å². The van der Waals surface area contributed by atoms with Crippen molar-refractivity contribution in [2.75, 3.05) is 13.1 Å². The van der Waals surface area contributed by atoms with E-state index in [0.29, 0.717) is 25.6 Å². The number of hydrogen-bond acceptors (Lipinski definition) is 5. The normalized spacial score (nSPS) is 17.0. The van der Waals surface area contributed by atoms with Crippen LogP contribution >= 0.6 is 0 Å². The number of nitrogens with one attached hydrogen (secondary N) is 1. The van der Waals surface area contributed by atoms with Crippen LogP contribution in [0.4, 0.5) is 0 Å². The summed E-state index contributed by atoms with van der Waals surface area (Å²) < 4.78 is 1.47. The third-order valence-electron chi connectivity index (χ3n) is 2.80. The summed E-state index contributed by atoms with van der Waals surface area (Å²) in [5.74, 6) is -0.610. The van der Waals surface area contributed by atoms with E-state index in [1.165, 1.54) is 10.9 Å². The Bertz CT molecular complexity index is 389. The molecule has 7 nitrogen and oxygen atoms in total. The van der Waals surface area contributed by atoms with Gasteiger partial charge in [-0.25, -0.2) is 4.79 Å². The molecule has 3 N–H and O–H groups in total. The van der Waals surface area contributed by atoms with Crippen LogP contribution in [-0.2, 0) is 6.54 Å². The van der Waals surface area contributed by atoms with Crippen LogP contribution in [0.25, 0.3) is 0 Å². The van der Waals surface area contributed by atoms with Gasteiger partial charge < -0.3 is 15.5 Å². The number of aliphatic hydroxyl groups is 1. The van der Waals surface area contributed by atoms with Crippen molar-refractivity contribution in [3.05, 3.63) is 11.9 Å². The van der Waals surface area contributed by atoms with Crippen LogP contribution in [0.15, 0.2) is 6.20 Å². The zero-order chi connectivity index (χ0) is 12.3. The first-order valence-corrected chi connectivity index (χ1v) is 5.69. The van der Waals surface area contributed by atoms with Crippen LogP contribution in [0.1, 0.15) is 23.3 Å². The molecule has 94 valence electrons. The highest BCUT2D eigenvalue weighted by molar-refractivity contribution is 5.84. The monoisotopic (exact) mass is 240 g/mol. The number of aliphatic hydroxyl groups excluding tert-OH is 1. The van der Waals surface area contributed by atoms with Crippen molar-refractivity contribution in [1.82, 2.24) is 20.3 Å². The molecule has 1 heterocycles. The molecule has 0 bridgehead atoms. The maximum atomic E-state index is 10.6. The van der Waals surface area contributed by atoms with Gasteiger partial charge in [0.25, 0.3) is 0 Å². The Morgan fingerprint density at radius 3 is 3.00 bits per heavy atom. The highest BCUT2D eigenvalue weighted by Crippen LogP contribution is 2.32. The van der Waals surface area contributed by atoms with E-state index in [-0.39, 0.29) is 11.8 Å². The molecule has 1 aliphatic rings. The van der Waals surface area contributed by atoms with E-state index in [9.17, 15) is 9.90 Å². The van der Waals surface area contributed by atoms with E-state index in [4.69, 9.17) is 5.11 Å². The van der Waals surface area contributed by atoms with Crippen LogP contribution < -0.4 is 5.32 Å². The minimum absolute atomic E-state index is 0.0528. The van der Waals surface area contributed by atoms with Gasteiger partial charge in [-0.15, -0.1) is 5.10 Å². The molecule has 0 aliphatic heterocycles. The molecule has 0 amide bonds. The van der Waals surface area contributed by atoms with Gasteiger partial charge in [0.2, 0.25) is 0 Å². The van der Waals surface area contributed by atoms with Gasteiger partial charge >= 0.3 is 5.97 Å². The largest absolute Gasteiger partial charge is 0.476 e. The van der Waals surface area contributed by atoms with Gasteiger partial charge in [0.1, 0.15) is 0 Å². The molecule has 1 atom stereocenters. The van der Waals surface area contributed by atoms with Crippen molar-refractivity contribution in [1.29, 1.82) is 0 Å². The molecule has 2 rings (SSSR count). The quantitative estimate of drug-likeness (QED) is 0.547. The van der Waals surface area contributed by atoms with Crippen LogP contribution in [0.3, 0.4) is 0 Å². The van der Waals surface area contributed by atoms with E-state index in [1.54, 1.807) is 0 Å². The topological polar surface area (TPSA) is 100 Å². The van der Waals surface area contributed by atoms with Gasteiger partial charge in [0.05, 0.1) is 18.8 Å². The Morgan fingerprint density at radius 1 is 1.65 bits per heavy atom. The van der Waals surface area contributed by atoms with Gasteiger partial charge in [0, 0.05) is 13.1 Å². The molecule has 1 aromatic heterocycles. The Labute approximate surface area is 98.4 Å². The number of aromatic carboxylic acids is 1. The fraction of sp³-hybridized carbons (Fsp3) is 0.700. The standard InChI is InChI=1S/C10H16N4O3/c15-9(7-1-2-7)5-11-3-4-14-6-8(10(16)17)12-13-14/h6-7,9,11,15H,1-5H2,(H,16,17).